The lowest BCUT2D eigenvalue weighted by molar-refractivity contribution is -0.137. The molecule has 2 heterocycles. The Bertz CT molecular complexity index is 1320. The zero-order chi connectivity index (χ0) is 23.8. The molecule has 0 bridgehead atoms. The fourth-order valence-electron chi connectivity index (χ4n) is 3.64. The minimum Gasteiger partial charge on any atom is -0.337 e. The highest BCUT2D eigenvalue weighted by atomic mass is 19.4. The minimum atomic E-state index is -4.69. The summed E-state index contributed by atoms with van der Waals surface area (Å²) >= 11 is 0. The van der Waals surface area contributed by atoms with Gasteiger partial charge in [-0.25, -0.2) is 9.18 Å². The quantitative estimate of drug-likeness (QED) is 0.559. The van der Waals surface area contributed by atoms with Crippen LogP contribution >= 0.6 is 0 Å². The summed E-state index contributed by atoms with van der Waals surface area (Å²) in [5, 5.41) is 3.85. The van der Waals surface area contributed by atoms with E-state index >= 15 is 0 Å². The van der Waals surface area contributed by atoms with Gasteiger partial charge in [-0.15, -0.1) is 0 Å². The van der Waals surface area contributed by atoms with Crippen molar-refractivity contribution in [1.82, 2.24) is 19.2 Å². The molecule has 0 saturated carbocycles. The van der Waals surface area contributed by atoms with Gasteiger partial charge in [0.25, 0.3) is 11.5 Å². The minimum absolute atomic E-state index is 0.00179. The number of alkyl halides is 3. The van der Waals surface area contributed by atoms with Crippen LogP contribution in [0.1, 0.15) is 34.5 Å². The van der Waals surface area contributed by atoms with Gasteiger partial charge in [0, 0.05) is 18.7 Å². The molecule has 0 spiro atoms. The highest BCUT2D eigenvalue weighted by molar-refractivity contribution is 5.92. The van der Waals surface area contributed by atoms with Crippen molar-refractivity contribution < 1.29 is 22.4 Å². The standard InChI is InChI=1S/C22H18F4N4O3/c23-17-9-2-1-6-14(17)13-29-20(32)18(19(31)28-10-3-4-11-28)27-30(21(29)33)16-8-5-7-15(12-16)22(24,25)26/h1-2,5-9,12H,3-4,10-11,13H2. The number of nitrogens with zero attached hydrogens (tertiary/aromatic N) is 4. The van der Waals surface area contributed by atoms with Crippen molar-refractivity contribution in [3.63, 3.8) is 0 Å². The van der Waals surface area contributed by atoms with Gasteiger partial charge in [-0.2, -0.15) is 23.0 Å². The lowest BCUT2D eigenvalue weighted by atomic mass is 10.2. The van der Waals surface area contributed by atoms with Crippen LogP contribution in [0.3, 0.4) is 0 Å². The lowest BCUT2D eigenvalue weighted by Gasteiger charge is -2.17. The van der Waals surface area contributed by atoms with Gasteiger partial charge in [0.05, 0.1) is 17.8 Å². The van der Waals surface area contributed by atoms with Crippen LogP contribution in [-0.4, -0.2) is 38.2 Å². The first-order valence-electron chi connectivity index (χ1n) is 10.1. The fraction of sp³-hybridized carbons (Fsp3) is 0.273. The van der Waals surface area contributed by atoms with Gasteiger partial charge in [0.2, 0.25) is 5.69 Å². The van der Waals surface area contributed by atoms with E-state index in [1.54, 1.807) is 0 Å². The molecule has 33 heavy (non-hydrogen) atoms. The number of amides is 1. The molecule has 4 rings (SSSR count). The Hall–Kier alpha value is -3.76. The summed E-state index contributed by atoms with van der Waals surface area (Å²) in [6.45, 7) is 0.248. The maximum absolute atomic E-state index is 14.2. The summed E-state index contributed by atoms with van der Waals surface area (Å²) in [5.41, 5.74) is -4.08. The first kappa shape index (κ1) is 22.4. The molecule has 7 nitrogen and oxygen atoms in total. The maximum Gasteiger partial charge on any atom is 0.416 e. The van der Waals surface area contributed by atoms with E-state index < -0.39 is 47.0 Å². The first-order chi connectivity index (χ1) is 15.7. The van der Waals surface area contributed by atoms with E-state index in [0.717, 1.165) is 31.0 Å². The molecule has 172 valence electrons. The summed E-state index contributed by atoms with van der Waals surface area (Å²) in [5.74, 6) is -1.42. The Balaban J connectivity index is 1.92. The van der Waals surface area contributed by atoms with Gasteiger partial charge in [-0.3, -0.25) is 14.2 Å². The lowest BCUT2D eigenvalue weighted by Crippen LogP contribution is -2.46. The Kier molecular flexibility index (Phi) is 5.88. The monoisotopic (exact) mass is 462 g/mol. The number of benzene rings is 2. The van der Waals surface area contributed by atoms with Crippen molar-refractivity contribution in [2.75, 3.05) is 13.1 Å². The van der Waals surface area contributed by atoms with Gasteiger partial charge in [-0.1, -0.05) is 24.3 Å². The van der Waals surface area contributed by atoms with Crippen LogP contribution in [0.5, 0.6) is 0 Å². The molecule has 2 aromatic carbocycles. The summed E-state index contributed by atoms with van der Waals surface area (Å²) in [6.07, 6.45) is -3.24. The van der Waals surface area contributed by atoms with Crippen LogP contribution in [0.4, 0.5) is 17.6 Å². The Morgan fingerprint density at radius 1 is 1.00 bits per heavy atom. The molecular weight excluding hydrogens is 444 g/mol. The van der Waals surface area contributed by atoms with Gasteiger partial charge < -0.3 is 4.90 Å². The number of hydrogen-bond acceptors (Lipinski definition) is 4. The Morgan fingerprint density at radius 2 is 1.70 bits per heavy atom. The molecule has 0 N–H and O–H groups in total. The third-order valence-electron chi connectivity index (χ3n) is 5.36. The smallest absolute Gasteiger partial charge is 0.337 e. The van der Waals surface area contributed by atoms with Crippen molar-refractivity contribution in [2.24, 2.45) is 0 Å². The molecular formula is C22H18F4N4O3. The number of rotatable bonds is 4. The van der Waals surface area contributed by atoms with Crippen molar-refractivity contribution in [2.45, 2.75) is 25.6 Å². The molecule has 3 aromatic rings. The van der Waals surface area contributed by atoms with Crippen molar-refractivity contribution in [3.05, 3.63) is 92.0 Å². The van der Waals surface area contributed by atoms with Gasteiger partial charge in [0.1, 0.15) is 5.82 Å². The van der Waals surface area contributed by atoms with E-state index in [-0.39, 0.29) is 11.3 Å². The number of carbonyl (C=O) groups is 1. The molecule has 11 heteroatoms. The molecule has 1 amide bonds. The van der Waals surface area contributed by atoms with E-state index in [1.807, 2.05) is 0 Å². The summed E-state index contributed by atoms with van der Waals surface area (Å²) < 4.78 is 55.0. The third kappa shape index (κ3) is 4.43. The first-order valence-corrected chi connectivity index (χ1v) is 10.1. The predicted molar refractivity (Wildman–Crippen MR) is 110 cm³/mol. The molecule has 0 radical (unpaired) electrons. The highest BCUT2D eigenvalue weighted by Gasteiger charge is 2.31. The summed E-state index contributed by atoms with van der Waals surface area (Å²) in [6, 6.07) is 9.23. The van der Waals surface area contributed by atoms with Gasteiger partial charge in [0.15, 0.2) is 0 Å². The molecule has 1 saturated heterocycles. The van der Waals surface area contributed by atoms with E-state index in [1.165, 1.54) is 29.2 Å². The molecule has 0 unspecified atom stereocenters. The van der Waals surface area contributed by atoms with E-state index in [4.69, 9.17) is 0 Å². The summed E-state index contributed by atoms with van der Waals surface area (Å²) in [4.78, 5) is 40.5. The van der Waals surface area contributed by atoms with E-state index in [2.05, 4.69) is 5.10 Å². The van der Waals surface area contributed by atoms with Crippen molar-refractivity contribution in [1.29, 1.82) is 0 Å². The Labute approximate surface area is 184 Å². The van der Waals surface area contributed by atoms with Crippen LogP contribution < -0.4 is 11.2 Å². The topological polar surface area (TPSA) is 77.2 Å². The highest BCUT2D eigenvalue weighted by Crippen LogP contribution is 2.30. The van der Waals surface area contributed by atoms with Gasteiger partial charge >= 0.3 is 11.9 Å². The van der Waals surface area contributed by atoms with Crippen LogP contribution in [0.15, 0.2) is 58.1 Å². The number of hydrogen-bond donors (Lipinski definition) is 0. The number of halogens is 4. The predicted octanol–water partition coefficient (Wildman–Crippen LogP) is 2.84. The fourth-order valence-corrected chi connectivity index (χ4v) is 3.64. The normalized spacial score (nSPS) is 14.0. The number of likely N-dealkylation sites (tertiary alicyclic amines) is 1. The average molecular weight is 462 g/mol. The number of carbonyl (C=O) groups excluding carboxylic acids is 1. The van der Waals surface area contributed by atoms with Crippen LogP contribution in [0, 0.1) is 5.82 Å². The van der Waals surface area contributed by atoms with Crippen LogP contribution in [0.2, 0.25) is 0 Å². The van der Waals surface area contributed by atoms with Crippen LogP contribution in [-0.2, 0) is 12.7 Å². The number of aromatic nitrogens is 3. The zero-order valence-corrected chi connectivity index (χ0v) is 17.2. The zero-order valence-electron chi connectivity index (χ0n) is 17.2. The molecule has 1 aliphatic rings. The van der Waals surface area contributed by atoms with Crippen molar-refractivity contribution in [3.8, 4) is 5.69 Å². The third-order valence-corrected chi connectivity index (χ3v) is 5.36. The van der Waals surface area contributed by atoms with Crippen molar-refractivity contribution >= 4 is 5.91 Å². The summed E-state index contributed by atoms with van der Waals surface area (Å²) in [7, 11) is 0. The van der Waals surface area contributed by atoms with E-state index in [0.29, 0.717) is 28.4 Å². The SMILES string of the molecule is O=C(c1nn(-c2cccc(C(F)(F)F)c2)c(=O)n(Cc2ccccc2F)c1=O)N1CCCC1. The molecule has 1 fully saturated rings. The van der Waals surface area contributed by atoms with E-state index in [9.17, 15) is 31.9 Å². The largest absolute Gasteiger partial charge is 0.416 e. The second kappa shape index (κ2) is 8.64. The Morgan fingerprint density at radius 3 is 2.36 bits per heavy atom. The average Bonchev–Trinajstić information content (AvgIpc) is 3.32. The second-order valence-corrected chi connectivity index (χ2v) is 7.57. The second-order valence-electron chi connectivity index (χ2n) is 7.57. The molecule has 1 aliphatic heterocycles. The van der Waals surface area contributed by atoms with Crippen LogP contribution in [0.25, 0.3) is 5.69 Å². The molecule has 0 aliphatic carbocycles. The molecule has 1 aromatic heterocycles. The van der Waals surface area contributed by atoms with Gasteiger partial charge in [-0.05, 0) is 37.1 Å². The molecule has 0 atom stereocenters. The maximum atomic E-state index is 14.2.